The summed E-state index contributed by atoms with van der Waals surface area (Å²) >= 11 is 0. The summed E-state index contributed by atoms with van der Waals surface area (Å²) in [5.41, 5.74) is 1.70. The first-order valence-corrected chi connectivity index (χ1v) is 10.6. The Bertz CT molecular complexity index is 1120. The number of ether oxygens (including phenoxy) is 2. The van der Waals surface area contributed by atoms with Crippen molar-refractivity contribution in [3.8, 4) is 11.5 Å². The maximum Gasteiger partial charge on any atom is 0.269 e. The molecule has 1 aromatic heterocycles. The zero-order valence-corrected chi connectivity index (χ0v) is 18.2. The highest BCUT2D eigenvalue weighted by Crippen LogP contribution is 2.33. The van der Waals surface area contributed by atoms with Crippen molar-refractivity contribution in [3.63, 3.8) is 0 Å². The SMILES string of the molecule is CN(C(=O)c1ccc2c(c1)OCO2)C(CCNC(=O)c1ccccn1)Cc1ccc(F)cc1. The van der Waals surface area contributed by atoms with Gasteiger partial charge in [0.2, 0.25) is 6.79 Å². The van der Waals surface area contributed by atoms with Crippen LogP contribution in [-0.4, -0.2) is 48.1 Å². The fourth-order valence-electron chi connectivity index (χ4n) is 3.66. The molecular weight excluding hydrogens is 425 g/mol. The standard InChI is InChI=1S/C25H24FN3O4/c1-29(25(31)18-7-10-22-23(15-18)33-16-32-22)20(14-17-5-8-19(26)9-6-17)11-13-28-24(30)21-4-2-3-12-27-21/h2-10,12,15,20H,11,13-14,16H2,1H3,(H,28,30). The number of benzene rings is 2. The third-order valence-corrected chi connectivity index (χ3v) is 5.53. The van der Waals surface area contributed by atoms with Gasteiger partial charge in [-0.3, -0.25) is 14.6 Å². The number of fused-ring (bicyclic) bond motifs is 1. The topological polar surface area (TPSA) is 80.8 Å². The summed E-state index contributed by atoms with van der Waals surface area (Å²) in [5.74, 6) is 0.362. The van der Waals surface area contributed by atoms with Crippen LogP contribution in [0.5, 0.6) is 11.5 Å². The Morgan fingerprint density at radius 2 is 1.88 bits per heavy atom. The highest BCUT2D eigenvalue weighted by Gasteiger charge is 2.24. The molecule has 2 aromatic carbocycles. The summed E-state index contributed by atoms with van der Waals surface area (Å²) in [6, 6.07) is 16.2. The first-order chi connectivity index (χ1) is 16.0. The second kappa shape index (κ2) is 10.1. The van der Waals surface area contributed by atoms with Gasteiger partial charge in [0.1, 0.15) is 11.5 Å². The maximum atomic E-state index is 13.4. The monoisotopic (exact) mass is 449 g/mol. The van der Waals surface area contributed by atoms with E-state index in [1.165, 1.54) is 12.1 Å². The maximum absolute atomic E-state index is 13.4. The number of likely N-dealkylation sites (N-methyl/N-ethyl adjacent to an activating group) is 1. The third-order valence-electron chi connectivity index (χ3n) is 5.53. The van der Waals surface area contributed by atoms with Gasteiger partial charge < -0.3 is 19.7 Å². The van der Waals surface area contributed by atoms with E-state index >= 15 is 0 Å². The van der Waals surface area contributed by atoms with Gasteiger partial charge in [-0.05, 0) is 60.9 Å². The number of carbonyl (C=O) groups excluding carboxylic acids is 2. The molecule has 170 valence electrons. The van der Waals surface area contributed by atoms with Crippen molar-refractivity contribution in [3.05, 3.63) is 89.5 Å². The minimum Gasteiger partial charge on any atom is -0.454 e. The fourth-order valence-corrected chi connectivity index (χ4v) is 3.66. The molecule has 8 heteroatoms. The van der Waals surface area contributed by atoms with Crippen molar-refractivity contribution >= 4 is 11.8 Å². The molecule has 2 amide bonds. The summed E-state index contributed by atoms with van der Waals surface area (Å²) in [7, 11) is 1.72. The minimum atomic E-state index is -0.317. The first kappa shape index (κ1) is 22.3. The molecule has 0 fully saturated rings. The van der Waals surface area contributed by atoms with Gasteiger partial charge in [-0.1, -0.05) is 18.2 Å². The molecule has 3 aromatic rings. The largest absolute Gasteiger partial charge is 0.454 e. The number of hydrogen-bond acceptors (Lipinski definition) is 5. The summed E-state index contributed by atoms with van der Waals surface area (Å²) < 4.78 is 24.1. The summed E-state index contributed by atoms with van der Waals surface area (Å²) in [6.45, 7) is 0.478. The molecule has 1 aliphatic heterocycles. The van der Waals surface area contributed by atoms with E-state index in [2.05, 4.69) is 10.3 Å². The number of carbonyl (C=O) groups is 2. The van der Waals surface area contributed by atoms with Gasteiger partial charge in [-0.2, -0.15) is 0 Å². The van der Waals surface area contributed by atoms with E-state index < -0.39 is 0 Å². The zero-order chi connectivity index (χ0) is 23.2. The van der Waals surface area contributed by atoms with Crippen LogP contribution in [-0.2, 0) is 6.42 Å². The Morgan fingerprint density at radius 1 is 1.09 bits per heavy atom. The molecule has 1 N–H and O–H groups in total. The highest BCUT2D eigenvalue weighted by atomic mass is 19.1. The molecule has 1 aliphatic rings. The Morgan fingerprint density at radius 3 is 2.64 bits per heavy atom. The first-order valence-electron chi connectivity index (χ1n) is 10.6. The van der Waals surface area contributed by atoms with E-state index in [1.54, 1.807) is 66.7 Å². The van der Waals surface area contributed by atoms with Crippen LogP contribution in [0, 0.1) is 5.82 Å². The van der Waals surface area contributed by atoms with E-state index in [0.717, 1.165) is 5.56 Å². The molecule has 33 heavy (non-hydrogen) atoms. The van der Waals surface area contributed by atoms with Gasteiger partial charge >= 0.3 is 0 Å². The lowest BCUT2D eigenvalue weighted by Gasteiger charge is -2.29. The summed E-state index contributed by atoms with van der Waals surface area (Å²) in [4.78, 5) is 31.3. The molecule has 0 saturated carbocycles. The van der Waals surface area contributed by atoms with E-state index in [-0.39, 0.29) is 30.5 Å². The molecular formula is C25H24FN3O4. The number of aromatic nitrogens is 1. The van der Waals surface area contributed by atoms with Crippen molar-refractivity contribution in [2.75, 3.05) is 20.4 Å². The number of nitrogens with one attached hydrogen (secondary N) is 1. The van der Waals surface area contributed by atoms with Crippen LogP contribution in [0.2, 0.25) is 0 Å². The lowest BCUT2D eigenvalue weighted by Crippen LogP contribution is -2.41. The Kier molecular flexibility index (Phi) is 6.83. The van der Waals surface area contributed by atoms with Crippen LogP contribution >= 0.6 is 0 Å². The molecule has 2 heterocycles. The Balaban J connectivity index is 1.46. The zero-order valence-electron chi connectivity index (χ0n) is 18.2. The van der Waals surface area contributed by atoms with Crippen molar-refractivity contribution in [2.24, 2.45) is 0 Å². The predicted molar refractivity (Wildman–Crippen MR) is 120 cm³/mol. The predicted octanol–water partition coefficient (Wildman–Crippen LogP) is 3.45. The molecule has 7 nitrogen and oxygen atoms in total. The summed E-state index contributed by atoms with van der Waals surface area (Å²) in [6.07, 6.45) is 2.57. The molecule has 0 radical (unpaired) electrons. The van der Waals surface area contributed by atoms with Crippen LogP contribution in [0.4, 0.5) is 4.39 Å². The van der Waals surface area contributed by atoms with Crippen molar-refractivity contribution in [1.29, 1.82) is 0 Å². The van der Waals surface area contributed by atoms with Crippen LogP contribution in [0.3, 0.4) is 0 Å². The molecule has 4 rings (SSSR count). The smallest absolute Gasteiger partial charge is 0.269 e. The van der Waals surface area contributed by atoms with E-state index in [9.17, 15) is 14.0 Å². The van der Waals surface area contributed by atoms with Gasteiger partial charge in [0.25, 0.3) is 11.8 Å². The van der Waals surface area contributed by atoms with Gasteiger partial charge in [-0.15, -0.1) is 0 Å². The van der Waals surface area contributed by atoms with Crippen molar-refractivity contribution in [2.45, 2.75) is 18.9 Å². The van der Waals surface area contributed by atoms with E-state index in [0.29, 0.717) is 42.1 Å². The summed E-state index contributed by atoms with van der Waals surface area (Å²) in [5, 5.41) is 2.86. The third kappa shape index (κ3) is 5.46. The number of halogens is 1. The van der Waals surface area contributed by atoms with Gasteiger partial charge in [0.05, 0.1) is 0 Å². The fraction of sp³-hybridized carbons (Fsp3) is 0.240. The lowest BCUT2D eigenvalue weighted by molar-refractivity contribution is 0.0722. The average molecular weight is 449 g/mol. The van der Waals surface area contributed by atoms with Gasteiger partial charge in [-0.25, -0.2) is 4.39 Å². The van der Waals surface area contributed by atoms with Gasteiger partial charge in [0.15, 0.2) is 11.5 Å². The molecule has 1 unspecified atom stereocenters. The number of nitrogens with zero attached hydrogens (tertiary/aromatic N) is 2. The van der Waals surface area contributed by atoms with Crippen LogP contribution < -0.4 is 14.8 Å². The van der Waals surface area contributed by atoms with Gasteiger partial charge in [0, 0.05) is 31.4 Å². The lowest BCUT2D eigenvalue weighted by atomic mass is 10.0. The Hall–Kier alpha value is -3.94. The van der Waals surface area contributed by atoms with Crippen molar-refractivity contribution < 1.29 is 23.5 Å². The quantitative estimate of drug-likeness (QED) is 0.570. The number of hydrogen-bond donors (Lipinski definition) is 1. The Labute approximate surface area is 191 Å². The van der Waals surface area contributed by atoms with E-state index in [4.69, 9.17) is 9.47 Å². The number of pyridine rings is 1. The molecule has 0 spiro atoms. The van der Waals surface area contributed by atoms with Crippen LogP contribution in [0.25, 0.3) is 0 Å². The van der Waals surface area contributed by atoms with Crippen LogP contribution in [0.1, 0.15) is 32.8 Å². The molecule has 0 saturated heterocycles. The second-order valence-electron chi connectivity index (χ2n) is 7.73. The molecule has 1 atom stereocenters. The van der Waals surface area contributed by atoms with E-state index in [1.807, 2.05) is 0 Å². The second-order valence-corrected chi connectivity index (χ2v) is 7.73. The number of amides is 2. The normalized spacial score (nSPS) is 12.8. The minimum absolute atomic E-state index is 0.131. The average Bonchev–Trinajstić information content (AvgIpc) is 3.32. The van der Waals surface area contributed by atoms with Crippen molar-refractivity contribution in [1.82, 2.24) is 15.2 Å². The molecule has 0 aliphatic carbocycles. The van der Waals surface area contributed by atoms with Crippen LogP contribution in [0.15, 0.2) is 66.9 Å². The highest BCUT2D eigenvalue weighted by molar-refractivity contribution is 5.95. The molecule has 0 bridgehead atoms. The number of rotatable bonds is 8.